The molecule has 5 nitrogen and oxygen atoms in total. The van der Waals surface area contributed by atoms with Gasteiger partial charge in [-0.2, -0.15) is 0 Å². The number of nitrogens with zero attached hydrogens (tertiary/aromatic N) is 4. The van der Waals surface area contributed by atoms with Crippen LogP contribution in [0.4, 0.5) is 5.82 Å². The second kappa shape index (κ2) is 8.30. The molecule has 3 rings (SSSR count). The minimum Gasteiger partial charge on any atom is -0.354 e. The lowest BCUT2D eigenvalue weighted by molar-refractivity contribution is -0.133. The molecule has 0 spiro atoms. The molecule has 0 saturated carbocycles. The summed E-state index contributed by atoms with van der Waals surface area (Å²) in [5.41, 5.74) is 2.23. The number of carbonyl (C=O) groups is 1. The summed E-state index contributed by atoms with van der Waals surface area (Å²) in [5.74, 6) is 1.97. The molecule has 1 aromatic heterocycles. The molecule has 2 aromatic rings. The molecule has 2 heterocycles. The van der Waals surface area contributed by atoms with Crippen LogP contribution in [-0.4, -0.2) is 39.9 Å². The molecule has 1 unspecified atom stereocenters. The molecule has 5 heteroatoms. The van der Waals surface area contributed by atoms with Crippen molar-refractivity contribution >= 4 is 11.7 Å². The number of aromatic nitrogens is 2. The van der Waals surface area contributed by atoms with Gasteiger partial charge in [-0.05, 0) is 25.3 Å². The van der Waals surface area contributed by atoms with E-state index in [9.17, 15) is 4.79 Å². The monoisotopic (exact) mass is 352 g/mol. The average molecular weight is 352 g/mol. The summed E-state index contributed by atoms with van der Waals surface area (Å²) in [6.45, 7) is 8.39. The molecule has 1 aliphatic heterocycles. The minimum atomic E-state index is 0.186. The van der Waals surface area contributed by atoms with Crippen LogP contribution in [0.2, 0.25) is 0 Å². The molecule has 26 heavy (non-hydrogen) atoms. The maximum atomic E-state index is 12.8. The van der Waals surface area contributed by atoms with Crippen LogP contribution in [0.15, 0.2) is 36.4 Å². The van der Waals surface area contributed by atoms with E-state index in [1.807, 2.05) is 30.0 Å². The first-order valence-corrected chi connectivity index (χ1v) is 9.53. The summed E-state index contributed by atoms with van der Waals surface area (Å²) in [6.07, 6.45) is 2.34. The number of rotatable bonds is 5. The Labute approximate surface area is 156 Å². The van der Waals surface area contributed by atoms with Crippen molar-refractivity contribution < 1.29 is 4.79 Å². The summed E-state index contributed by atoms with van der Waals surface area (Å²) in [4.78, 5) is 26.2. The Morgan fingerprint density at radius 1 is 1.15 bits per heavy atom. The quantitative estimate of drug-likeness (QED) is 0.828. The molecular weight excluding hydrogens is 324 g/mol. The third kappa shape index (κ3) is 4.21. The molecule has 1 atom stereocenters. The van der Waals surface area contributed by atoms with E-state index in [1.54, 1.807) is 0 Å². The van der Waals surface area contributed by atoms with E-state index in [0.717, 1.165) is 36.7 Å². The molecule has 1 fully saturated rings. The molecular formula is C21H28N4O. The fourth-order valence-electron chi connectivity index (χ4n) is 3.53. The molecule has 0 bridgehead atoms. The van der Waals surface area contributed by atoms with Gasteiger partial charge in [0, 0.05) is 43.9 Å². The minimum absolute atomic E-state index is 0.186. The number of benzene rings is 1. The van der Waals surface area contributed by atoms with Crippen molar-refractivity contribution in [1.29, 1.82) is 0 Å². The Balaban J connectivity index is 1.83. The predicted molar refractivity (Wildman–Crippen MR) is 104 cm³/mol. The summed E-state index contributed by atoms with van der Waals surface area (Å²) >= 11 is 0. The van der Waals surface area contributed by atoms with Gasteiger partial charge in [0.15, 0.2) is 0 Å². The van der Waals surface area contributed by atoms with Crippen LogP contribution in [0.5, 0.6) is 0 Å². The van der Waals surface area contributed by atoms with Crippen molar-refractivity contribution in [1.82, 2.24) is 14.9 Å². The second-order valence-electron chi connectivity index (χ2n) is 6.88. The Morgan fingerprint density at radius 2 is 1.92 bits per heavy atom. The van der Waals surface area contributed by atoms with Crippen molar-refractivity contribution in [3.63, 3.8) is 0 Å². The van der Waals surface area contributed by atoms with Gasteiger partial charge in [0.2, 0.25) is 5.91 Å². The van der Waals surface area contributed by atoms with Gasteiger partial charge >= 0.3 is 0 Å². The zero-order chi connectivity index (χ0) is 18.5. The zero-order valence-corrected chi connectivity index (χ0v) is 16.0. The lowest BCUT2D eigenvalue weighted by Crippen LogP contribution is -2.42. The smallest absolute Gasteiger partial charge is 0.224 e. The molecule has 1 saturated heterocycles. The number of hydrogen-bond acceptors (Lipinski definition) is 4. The number of aryl methyl sites for hydroxylation is 2. The average Bonchev–Trinajstić information content (AvgIpc) is 2.81. The lowest BCUT2D eigenvalue weighted by atomic mass is 10.1. The highest BCUT2D eigenvalue weighted by Gasteiger charge is 2.29. The largest absolute Gasteiger partial charge is 0.354 e. The van der Waals surface area contributed by atoms with E-state index in [4.69, 9.17) is 0 Å². The topological polar surface area (TPSA) is 49.3 Å². The molecule has 0 aliphatic carbocycles. The highest BCUT2D eigenvalue weighted by Crippen LogP contribution is 2.22. The van der Waals surface area contributed by atoms with Crippen LogP contribution in [0.1, 0.15) is 43.8 Å². The second-order valence-corrected chi connectivity index (χ2v) is 6.88. The highest BCUT2D eigenvalue weighted by molar-refractivity contribution is 5.78. The van der Waals surface area contributed by atoms with Crippen LogP contribution in [-0.2, 0) is 17.8 Å². The molecule has 1 amide bonds. The maximum absolute atomic E-state index is 12.8. The first kappa shape index (κ1) is 18.4. The standard InChI is InChI=1S/C21H28N4O/c1-4-18-13-20(23-16(3)22-18)24-12-11-21(26)25(19(5-2)15-24)14-17-9-7-6-8-10-17/h6-10,13,19H,4-5,11-12,14-15H2,1-3H3. The van der Waals surface area contributed by atoms with Crippen molar-refractivity contribution in [2.45, 2.75) is 52.6 Å². The van der Waals surface area contributed by atoms with Gasteiger partial charge in [0.1, 0.15) is 11.6 Å². The fourth-order valence-corrected chi connectivity index (χ4v) is 3.53. The maximum Gasteiger partial charge on any atom is 0.224 e. The highest BCUT2D eigenvalue weighted by atomic mass is 16.2. The summed E-state index contributed by atoms with van der Waals surface area (Å²) in [6, 6.07) is 12.5. The predicted octanol–water partition coefficient (Wildman–Crippen LogP) is 3.36. The van der Waals surface area contributed by atoms with E-state index < -0.39 is 0 Å². The van der Waals surface area contributed by atoms with Gasteiger partial charge < -0.3 is 9.80 Å². The first-order chi connectivity index (χ1) is 12.6. The third-order valence-electron chi connectivity index (χ3n) is 5.02. The lowest BCUT2D eigenvalue weighted by Gasteiger charge is -2.32. The molecule has 1 aliphatic rings. The molecule has 0 N–H and O–H groups in total. The Hall–Kier alpha value is -2.43. The van der Waals surface area contributed by atoms with Crippen LogP contribution in [0.25, 0.3) is 0 Å². The Morgan fingerprint density at radius 3 is 2.62 bits per heavy atom. The third-order valence-corrected chi connectivity index (χ3v) is 5.02. The Kier molecular flexibility index (Phi) is 5.86. The van der Waals surface area contributed by atoms with E-state index >= 15 is 0 Å². The van der Waals surface area contributed by atoms with Gasteiger partial charge in [0.05, 0.1) is 0 Å². The fraction of sp³-hybridized carbons (Fsp3) is 0.476. The SMILES string of the molecule is CCc1cc(N2CCC(=O)N(Cc3ccccc3)C(CC)C2)nc(C)n1. The molecule has 1 aromatic carbocycles. The van der Waals surface area contributed by atoms with Crippen LogP contribution < -0.4 is 4.90 Å². The van der Waals surface area contributed by atoms with Gasteiger partial charge in [-0.15, -0.1) is 0 Å². The van der Waals surface area contributed by atoms with Gasteiger partial charge in [-0.25, -0.2) is 9.97 Å². The van der Waals surface area contributed by atoms with Crippen LogP contribution >= 0.6 is 0 Å². The van der Waals surface area contributed by atoms with Crippen LogP contribution in [0.3, 0.4) is 0 Å². The van der Waals surface area contributed by atoms with Crippen LogP contribution in [0, 0.1) is 6.92 Å². The van der Waals surface area contributed by atoms with Gasteiger partial charge in [-0.3, -0.25) is 4.79 Å². The zero-order valence-electron chi connectivity index (χ0n) is 16.0. The van der Waals surface area contributed by atoms with Crippen molar-refractivity contribution in [2.24, 2.45) is 0 Å². The van der Waals surface area contributed by atoms with Crippen molar-refractivity contribution in [3.05, 3.63) is 53.5 Å². The summed E-state index contributed by atoms with van der Waals surface area (Å²) in [5, 5.41) is 0. The molecule has 138 valence electrons. The van der Waals surface area contributed by atoms with Crippen molar-refractivity contribution in [3.8, 4) is 0 Å². The van der Waals surface area contributed by atoms with Crippen molar-refractivity contribution in [2.75, 3.05) is 18.0 Å². The number of hydrogen-bond donors (Lipinski definition) is 0. The number of carbonyl (C=O) groups excluding carboxylic acids is 1. The van der Waals surface area contributed by atoms with E-state index in [0.29, 0.717) is 19.5 Å². The number of amides is 1. The summed E-state index contributed by atoms with van der Waals surface area (Å²) in [7, 11) is 0. The Bertz CT molecular complexity index is 747. The first-order valence-electron chi connectivity index (χ1n) is 9.53. The van der Waals surface area contributed by atoms with E-state index in [-0.39, 0.29) is 11.9 Å². The summed E-state index contributed by atoms with van der Waals surface area (Å²) < 4.78 is 0. The van der Waals surface area contributed by atoms with E-state index in [1.165, 1.54) is 5.56 Å². The normalized spacial score (nSPS) is 18.1. The van der Waals surface area contributed by atoms with Gasteiger partial charge in [-0.1, -0.05) is 44.2 Å². The van der Waals surface area contributed by atoms with E-state index in [2.05, 4.69) is 46.9 Å². The number of anilines is 1. The van der Waals surface area contributed by atoms with Gasteiger partial charge in [0.25, 0.3) is 0 Å². The molecule has 0 radical (unpaired) electrons.